The summed E-state index contributed by atoms with van der Waals surface area (Å²) in [7, 11) is 0. The first kappa shape index (κ1) is 19.3. The number of amides is 1. The molecule has 0 radical (unpaired) electrons. The van der Waals surface area contributed by atoms with E-state index in [0.717, 1.165) is 29.7 Å². The van der Waals surface area contributed by atoms with Crippen molar-refractivity contribution in [3.63, 3.8) is 0 Å². The highest BCUT2D eigenvalue weighted by Gasteiger charge is 2.29. The summed E-state index contributed by atoms with van der Waals surface area (Å²) in [4.78, 5) is 31.7. The first-order valence-corrected chi connectivity index (χ1v) is 10.2. The van der Waals surface area contributed by atoms with Crippen LogP contribution in [0.1, 0.15) is 43.5 Å². The summed E-state index contributed by atoms with van der Waals surface area (Å²) in [5, 5.41) is 4.34. The summed E-state index contributed by atoms with van der Waals surface area (Å²) >= 11 is 0. The van der Waals surface area contributed by atoms with Gasteiger partial charge < -0.3 is 4.90 Å². The number of pyridine rings is 2. The average molecular weight is 390 g/mol. The fourth-order valence-electron chi connectivity index (χ4n) is 3.99. The molecule has 0 N–H and O–H groups in total. The van der Waals surface area contributed by atoms with Crippen molar-refractivity contribution in [2.75, 3.05) is 13.1 Å². The number of aromatic nitrogens is 3. The Bertz CT molecular complexity index is 1020. The molecular formula is C23H26N4O2. The molecule has 6 heteroatoms. The fraction of sp³-hybridized carbons (Fsp3) is 0.391. The molecule has 29 heavy (non-hydrogen) atoms. The van der Waals surface area contributed by atoms with E-state index < -0.39 is 0 Å². The maximum Gasteiger partial charge on any atom is 0.255 e. The van der Waals surface area contributed by atoms with Crippen molar-refractivity contribution in [2.24, 2.45) is 11.8 Å². The normalized spacial score (nSPS) is 17.1. The molecule has 1 aliphatic rings. The maximum atomic E-state index is 13.0. The largest absolute Gasteiger partial charge is 0.338 e. The maximum absolute atomic E-state index is 13.0. The summed E-state index contributed by atoms with van der Waals surface area (Å²) in [6.45, 7) is 5.32. The van der Waals surface area contributed by atoms with E-state index >= 15 is 0 Å². The minimum absolute atomic E-state index is 0.0419. The van der Waals surface area contributed by atoms with Crippen LogP contribution in [0.2, 0.25) is 0 Å². The van der Waals surface area contributed by atoms with Gasteiger partial charge in [-0.15, -0.1) is 0 Å². The Hall–Kier alpha value is -3.02. The van der Waals surface area contributed by atoms with E-state index in [1.165, 1.54) is 0 Å². The van der Waals surface area contributed by atoms with E-state index in [-0.39, 0.29) is 17.6 Å². The van der Waals surface area contributed by atoms with Gasteiger partial charge in [0.2, 0.25) is 0 Å². The van der Waals surface area contributed by atoms with E-state index in [1.54, 1.807) is 17.3 Å². The monoisotopic (exact) mass is 390 g/mol. The summed E-state index contributed by atoms with van der Waals surface area (Å²) in [5.74, 6) is 0.533. The zero-order valence-electron chi connectivity index (χ0n) is 16.9. The van der Waals surface area contributed by atoms with Crippen molar-refractivity contribution in [2.45, 2.75) is 33.1 Å². The lowest BCUT2D eigenvalue weighted by Gasteiger charge is -2.32. The predicted molar refractivity (Wildman–Crippen MR) is 112 cm³/mol. The Balaban J connectivity index is 1.49. The number of ketones is 1. The molecule has 1 amide bonds. The molecule has 150 valence electrons. The Labute approximate surface area is 170 Å². The number of carbonyl (C=O) groups excluding carboxylic acids is 2. The van der Waals surface area contributed by atoms with E-state index in [1.807, 2.05) is 40.9 Å². The lowest BCUT2D eigenvalue weighted by molar-refractivity contribution is -0.124. The number of Topliss-reactive ketones (excluding diaryl/α,β-unsaturated/α-hetero) is 1. The molecule has 0 spiro atoms. The minimum atomic E-state index is -0.0524. The second-order valence-corrected chi connectivity index (χ2v) is 8.17. The highest BCUT2D eigenvalue weighted by Crippen LogP contribution is 2.23. The van der Waals surface area contributed by atoms with Crippen LogP contribution in [0.15, 0.2) is 48.8 Å². The second-order valence-electron chi connectivity index (χ2n) is 8.17. The number of rotatable bonds is 5. The molecular weight excluding hydrogens is 364 g/mol. The zero-order valence-corrected chi connectivity index (χ0v) is 16.9. The van der Waals surface area contributed by atoms with Gasteiger partial charge in [0.1, 0.15) is 5.78 Å². The molecule has 1 aliphatic heterocycles. The third-order valence-corrected chi connectivity index (χ3v) is 5.47. The van der Waals surface area contributed by atoms with E-state index in [4.69, 9.17) is 0 Å². The first-order valence-electron chi connectivity index (χ1n) is 10.2. The van der Waals surface area contributed by atoms with Crippen LogP contribution >= 0.6 is 0 Å². The van der Waals surface area contributed by atoms with Crippen molar-refractivity contribution in [1.29, 1.82) is 0 Å². The van der Waals surface area contributed by atoms with Gasteiger partial charge in [-0.2, -0.15) is 5.10 Å². The van der Waals surface area contributed by atoms with Crippen LogP contribution in [0.5, 0.6) is 0 Å². The van der Waals surface area contributed by atoms with Crippen molar-refractivity contribution in [1.82, 2.24) is 19.5 Å². The van der Waals surface area contributed by atoms with Crippen LogP contribution < -0.4 is 0 Å². The second kappa shape index (κ2) is 8.15. The molecule has 1 atom stereocenters. The van der Waals surface area contributed by atoms with Crippen LogP contribution in [0.25, 0.3) is 16.9 Å². The summed E-state index contributed by atoms with van der Waals surface area (Å²) in [5.41, 5.74) is 3.19. The quantitative estimate of drug-likeness (QED) is 0.663. The van der Waals surface area contributed by atoms with Gasteiger partial charge in [0.15, 0.2) is 0 Å². The van der Waals surface area contributed by atoms with E-state index in [2.05, 4.69) is 23.9 Å². The Morgan fingerprint density at radius 3 is 2.79 bits per heavy atom. The average Bonchev–Trinajstić information content (AvgIpc) is 3.22. The number of likely N-dealkylation sites (tertiary alicyclic amines) is 1. The van der Waals surface area contributed by atoms with Crippen molar-refractivity contribution in [3.05, 3.63) is 54.4 Å². The molecule has 3 aromatic heterocycles. The van der Waals surface area contributed by atoms with Gasteiger partial charge in [-0.1, -0.05) is 19.9 Å². The molecule has 1 fully saturated rings. The SMILES string of the molecule is CC(C)CC(=O)[C@@H]1CCCN(C(=O)c2ccc(-c3cccc4ccnn34)nc2)C1. The third kappa shape index (κ3) is 4.06. The van der Waals surface area contributed by atoms with Crippen molar-refractivity contribution < 1.29 is 9.59 Å². The standard InChI is InChI=1S/C23H26N4O2/c1-16(2)13-22(28)18-5-4-12-26(15-18)23(29)17-8-9-20(24-14-17)21-7-3-6-19-10-11-25-27(19)21/h3,6-11,14,16,18H,4-5,12-13,15H2,1-2H3/t18-/m1/s1. The van der Waals surface area contributed by atoms with Crippen LogP contribution in [0.4, 0.5) is 0 Å². The fourth-order valence-corrected chi connectivity index (χ4v) is 3.99. The van der Waals surface area contributed by atoms with Crippen LogP contribution in [-0.4, -0.2) is 44.3 Å². The number of carbonyl (C=O) groups is 2. The Morgan fingerprint density at radius 2 is 2.03 bits per heavy atom. The third-order valence-electron chi connectivity index (χ3n) is 5.47. The summed E-state index contributed by atoms with van der Waals surface area (Å²) in [6, 6.07) is 11.5. The molecule has 1 saturated heterocycles. The van der Waals surface area contributed by atoms with Gasteiger partial charge in [-0.05, 0) is 49.1 Å². The first-order chi connectivity index (χ1) is 14.0. The molecule has 0 unspecified atom stereocenters. The molecule has 0 saturated carbocycles. The number of fused-ring (bicyclic) bond motifs is 1. The smallest absolute Gasteiger partial charge is 0.255 e. The van der Waals surface area contributed by atoms with Crippen molar-refractivity contribution in [3.8, 4) is 11.4 Å². The van der Waals surface area contributed by atoms with Gasteiger partial charge >= 0.3 is 0 Å². The number of nitrogens with zero attached hydrogens (tertiary/aromatic N) is 4. The summed E-state index contributed by atoms with van der Waals surface area (Å²) < 4.78 is 1.83. The van der Waals surface area contributed by atoms with Gasteiger partial charge in [-0.25, -0.2) is 4.52 Å². The Kier molecular flexibility index (Phi) is 5.43. The summed E-state index contributed by atoms with van der Waals surface area (Å²) in [6.07, 6.45) is 5.71. The van der Waals surface area contributed by atoms with Gasteiger partial charge in [0.05, 0.1) is 28.7 Å². The van der Waals surface area contributed by atoms with Gasteiger partial charge in [0, 0.05) is 31.6 Å². The molecule has 0 aromatic carbocycles. The molecule has 4 rings (SSSR count). The highest BCUT2D eigenvalue weighted by atomic mass is 16.2. The van der Waals surface area contributed by atoms with Crippen molar-refractivity contribution >= 4 is 17.2 Å². The molecule has 4 heterocycles. The van der Waals surface area contributed by atoms with Gasteiger partial charge in [0.25, 0.3) is 5.91 Å². The predicted octanol–water partition coefficient (Wildman–Crippen LogP) is 3.86. The number of hydrogen-bond donors (Lipinski definition) is 0. The van der Waals surface area contributed by atoms with Gasteiger partial charge in [-0.3, -0.25) is 14.6 Å². The molecule has 3 aromatic rings. The van der Waals surface area contributed by atoms with Crippen LogP contribution in [0.3, 0.4) is 0 Å². The zero-order chi connectivity index (χ0) is 20.4. The molecule has 0 bridgehead atoms. The van der Waals surface area contributed by atoms with E-state index in [0.29, 0.717) is 31.0 Å². The van der Waals surface area contributed by atoms with E-state index in [9.17, 15) is 9.59 Å². The minimum Gasteiger partial charge on any atom is -0.338 e. The Morgan fingerprint density at radius 1 is 1.17 bits per heavy atom. The number of piperidine rings is 1. The molecule has 6 nitrogen and oxygen atoms in total. The lowest BCUT2D eigenvalue weighted by atomic mass is 9.89. The molecule has 0 aliphatic carbocycles. The van der Waals surface area contributed by atoms with Crippen LogP contribution in [0, 0.1) is 11.8 Å². The van der Waals surface area contributed by atoms with Crippen LogP contribution in [-0.2, 0) is 4.79 Å². The lowest BCUT2D eigenvalue weighted by Crippen LogP contribution is -2.42. The highest BCUT2D eigenvalue weighted by molar-refractivity contribution is 5.94. The topological polar surface area (TPSA) is 67.6 Å². The number of hydrogen-bond acceptors (Lipinski definition) is 4.